The molecule has 1 aromatic rings. The van der Waals surface area contributed by atoms with Crippen molar-refractivity contribution >= 4 is 16.8 Å². The molecular weight excluding hydrogens is 271 g/mol. The first-order valence-electron chi connectivity index (χ1n) is 5.79. The van der Waals surface area contributed by atoms with E-state index in [4.69, 9.17) is 9.84 Å². The van der Waals surface area contributed by atoms with E-state index in [1.54, 1.807) is 19.9 Å². The van der Waals surface area contributed by atoms with Gasteiger partial charge in [-0.05, 0) is 23.6 Å². The second-order valence-corrected chi connectivity index (χ2v) is 6.05. The first-order valence-corrected chi connectivity index (χ1v) is 7.17. The molecule has 0 spiro atoms. The monoisotopic (exact) mass is 288 g/mol. The van der Waals surface area contributed by atoms with Gasteiger partial charge in [-0.15, -0.1) is 0 Å². The van der Waals surface area contributed by atoms with Crippen LogP contribution in [0.2, 0.25) is 0 Å². The Morgan fingerprint density at radius 1 is 1.47 bits per heavy atom. The van der Waals surface area contributed by atoms with E-state index < -0.39 is 27.8 Å². The third kappa shape index (κ3) is 4.02. The Labute approximate surface area is 114 Å². The molecule has 0 saturated heterocycles. The third-order valence-electron chi connectivity index (χ3n) is 2.66. The van der Waals surface area contributed by atoms with Crippen LogP contribution in [0.4, 0.5) is 4.39 Å². The Hall–Kier alpha value is -1.43. The van der Waals surface area contributed by atoms with E-state index in [1.807, 2.05) is 0 Å². The number of carbonyl (C=O) groups is 1. The average molecular weight is 288 g/mol. The highest BCUT2D eigenvalue weighted by atomic mass is 32.2. The molecule has 1 aromatic carbocycles. The van der Waals surface area contributed by atoms with E-state index in [1.165, 1.54) is 19.2 Å². The predicted molar refractivity (Wildman–Crippen MR) is 71.1 cm³/mol. The van der Waals surface area contributed by atoms with E-state index in [0.29, 0.717) is 5.56 Å². The first kappa shape index (κ1) is 15.6. The van der Waals surface area contributed by atoms with Crippen LogP contribution in [0.3, 0.4) is 0 Å². The zero-order chi connectivity index (χ0) is 14.6. The fourth-order valence-corrected chi connectivity index (χ4v) is 3.27. The molecule has 1 N–H and O–H groups in total. The van der Waals surface area contributed by atoms with Crippen molar-refractivity contribution in [1.82, 2.24) is 0 Å². The summed E-state index contributed by atoms with van der Waals surface area (Å²) in [5.74, 6) is -1.78. The van der Waals surface area contributed by atoms with Gasteiger partial charge in [0.2, 0.25) is 0 Å². The second kappa shape index (κ2) is 6.65. The van der Waals surface area contributed by atoms with E-state index in [0.717, 1.165) is 0 Å². The zero-order valence-electron chi connectivity index (χ0n) is 11.1. The smallest absolute Gasteiger partial charge is 0.319 e. The van der Waals surface area contributed by atoms with Crippen LogP contribution in [-0.4, -0.2) is 27.6 Å². The second-order valence-electron chi connectivity index (χ2n) is 4.50. The molecule has 0 saturated carbocycles. The van der Waals surface area contributed by atoms with Crippen molar-refractivity contribution in [3.8, 4) is 5.75 Å². The summed E-state index contributed by atoms with van der Waals surface area (Å²) in [5.41, 5.74) is 0.489. The molecular formula is C13H17FO4S. The standard InChI is InChI=1S/C13H17FO4S/c1-8(2)12(13(15)16)19(17)7-9-4-5-11(18-3)10(14)6-9/h4-6,8,12H,7H2,1-3H3,(H,15,16). The van der Waals surface area contributed by atoms with Crippen LogP contribution < -0.4 is 4.74 Å². The maximum Gasteiger partial charge on any atom is 0.319 e. The fourth-order valence-electron chi connectivity index (χ4n) is 1.75. The molecule has 0 aliphatic rings. The number of carboxylic acid groups (broad SMARTS) is 1. The minimum Gasteiger partial charge on any atom is -0.494 e. The third-order valence-corrected chi connectivity index (χ3v) is 4.59. The molecule has 2 atom stereocenters. The highest BCUT2D eigenvalue weighted by Crippen LogP contribution is 2.20. The van der Waals surface area contributed by atoms with Gasteiger partial charge in [0, 0.05) is 16.6 Å². The van der Waals surface area contributed by atoms with Gasteiger partial charge in [-0.2, -0.15) is 0 Å². The normalized spacial score (nSPS) is 14.2. The maximum absolute atomic E-state index is 13.5. The molecule has 0 radical (unpaired) electrons. The van der Waals surface area contributed by atoms with Crippen molar-refractivity contribution < 1.29 is 23.2 Å². The molecule has 0 aliphatic heterocycles. The lowest BCUT2D eigenvalue weighted by molar-refractivity contribution is -0.137. The number of halogens is 1. The zero-order valence-corrected chi connectivity index (χ0v) is 11.9. The molecule has 1 rings (SSSR count). The number of benzene rings is 1. The molecule has 0 heterocycles. The molecule has 2 unspecified atom stereocenters. The van der Waals surface area contributed by atoms with Crippen molar-refractivity contribution in [1.29, 1.82) is 0 Å². The Morgan fingerprint density at radius 2 is 2.11 bits per heavy atom. The number of methoxy groups -OCH3 is 1. The number of hydrogen-bond acceptors (Lipinski definition) is 3. The molecule has 106 valence electrons. The Balaban J connectivity index is 2.87. The molecule has 0 aromatic heterocycles. The van der Waals surface area contributed by atoms with Crippen LogP contribution >= 0.6 is 0 Å². The summed E-state index contributed by atoms with van der Waals surface area (Å²) in [6, 6.07) is 4.24. The Kier molecular flexibility index (Phi) is 5.47. The van der Waals surface area contributed by atoms with E-state index in [9.17, 15) is 13.4 Å². The van der Waals surface area contributed by atoms with Crippen LogP contribution in [0.5, 0.6) is 5.75 Å². The van der Waals surface area contributed by atoms with Gasteiger partial charge in [0.25, 0.3) is 0 Å². The number of carboxylic acids is 1. The molecule has 0 bridgehead atoms. The highest BCUT2D eigenvalue weighted by Gasteiger charge is 2.28. The lowest BCUT2D eigenvalue weighted by Crippen LogP contribution is -2.31. The van der Waals surface area contributed by atoms with Gasteiger partial charge in [-0.25, -0.2) is 4.39 Å². The molecule has 19 heavy (non-hydrogen) atoms. The molecule has 6 heteroatoms. The first-order chi connectivity index (χ1) is 8.86. The van der Waals surface area contributed by atoms with Crippen molar-refractivity contribution in [2.45, 2.75) is 24.9 Å². The SMILES string of the molecule is COc1ccc(CS(=O)C(C(=O)O)C(C)C)cc1F. The van der Waals surface area contributed by atoms with Crippen molar-refractivity contribution in [2.75, 3.05) is 7.11 Å². The van der Waals surface area contributed by atoms with Crippen molar-refractivity contribution in [2.24, 2.45) is 5.92 Å². The van der Waals surface area contributed by atoms with Gasteiger partial charge in [-0.3, -0.25) is 9.00 Å². The van der Waals surface area contributed by atoms with Gasteiger partial charge in [-0.1, -0.05) is 19.9 Å². The maximum atomic E-state index is 13.5. The van der Waals surface area contributed by atoms with Gasteiger partial charge in [0.1, 0.15) is 5.25 Å². The summed E-state index contributed by atoms with van der Waals surface area (Å²) in [6.45, 7) is 3.40. The van der Waals surface area contributed by atoms with Crippen LogP contribution in [0.1, 0.15) is 19.4 Å². The minimum absolute atomic E-state index is 0.00998. The van der Waals surface area contributed by atoms with Crippen LogP contribution in [0.25, 0.3) is 0 Å². The summed E-state index contributed by atoms with van der Waals surface area (Å²) >= 11 is 0. The number of aliphatic carboxylic acids is 1. The number of hydrogen-bond donors (Lipinski definition) is 1. The summed E-state index contributed by atoms with van der Waals surface area (Å²) in [6.07, 6.45) is 0. The van der Waals surface area contributed by atoms with Crippen LogP contribution in [0.15, 0.2) is 18.2 Å². The van der Waals surface area contributed by atoms with Gasteiger partial charge in [0.05, 0.1) is 7.11 Å². The lowest BCUT2D eigenvalue weighted by Gasteiger charge is -2.15. The van der Waals surface area contributed by atoms with Gasteiger partial charge >= 0.3 is 5.97 Å². The van der Waals surface area contributed by atoms with E-state index in [-0.39, 0.29) is 17.4 Å². The topological polar surface area (TPSA) is 63.6 Å². The summed E-state index contributed by atoms with van der Waals surface area (Å²) in [4.78, 5) is 11.1. The lowest BCUT2D eigenvalue weighted by atomic mass is 10.1. The molecule has 4 nitrogen and oxygen atoms in total. The molecule has 0 fully saturated rings. The molecule has 0 amide bonds. The van der Waals surface area contributed by atoms with E-state index >= 15 is 0 Å². The Morgan fingerprint density at radius 3 is 2.53 bits per heavy atom. The van der Waals surface area contributed by atoms with Crippen molar-refractivity contribution in [3.63, 3.8) is 0 Å². The summed E-state index contributed by atoms with van der Waals surface area (Å²) in [7, 11) is -0.236. The predicted octanol–water partition coefficient (Wildman–Crippen LogP) is 2.19. The van der Waals surface area contributed by atoms with Crippen molar-refractivity contribution in [3.05, 3.63) is 29.6 Å². The number of ether oxygens (including phenoxy) is 1. The summed E-state index contributed by atoms with van der Waals surface area (Å²) < 4.78 is 30.3. The Bertz CT molecular complexity index is 488. The largest absolute Gasteiger partial charge is 0.494 e. The average Bonchev–Trinajstić information content (AvgIpc) is 2.27. The van der Waals surface area contributed by atoms with Gasteiger partial charge in [0.15, 0.2) is 11.6 Å². The molecule has 0 aliphatic carbocycles. The highest BCUT2D eigenvalue weighted by molar-refractivity contribution is 7.85. The quantitative estimate of drug-likeness (QED) is 0.871. The van der Waals surface area contributed by atoms with Crippen LogP contribution in [0, 0.1) is 11.7 Å². The van der Waals surface area contributed by atoms with E-state index in [2.05, 4.69) is 0 Å². The summed E-state index contributed by atoms with van der Waals surface area (Å²) in [5, 5.41) is 8.09. The minimum atomic E-state index is -1.59. The number of rotatable bonds is 6. The van der Waals surface area contributed by atoms with Crippen LogP contribution in [-0.2, 0) is 21.3 Å². The fraction of sp³-hybridized carbons (Fsp3) is 0.462. The van der Waals surface area contributed by atoms with Gasteiger partial charge < -0.3 is 9.84 Å².